The fourth-order valence-corrected chi connectivity index (χ4v) is 1.57. The van der Waals surface area contributed by atoms with Crippen LogP contribution in [0.15, 0.2) is 24.3 Å². The summed E-state index contributed by atoms with van der Waals surface area (Å²) in [4.78, 5) is 0. The van der Waals surface area contributed by atoms with Crippen LogP contribution < -0.4 is 10.5 Å². The Balaban J connectivity index is 2.29. The smallest absolute Gasteiger partial charge is 0.119 e. The van der Waals surface area contributed by atoms with E-state index in [1.165, 1.54) is 0 Å². The number of rotatable bonds is 6. The van der Waals surface area contributed by atoms with Gasteiger partial charge in [-0.1, -0.05) is 19.1 Å². The molecule has 0 aromatic heterocycles. The minimum absolute atomic E-state index is 0.589. The molecule has 1 rings (SSSR count). The molecule has 0 aliphatic heterocycles. The van der Waals surface area contributed by atoms with Gasteiger partial charge in [0.25, 0.3) is 0 Å². The van der Waals surface area contributed by atoms with E-state index in [4.69, 9.17) is 10.5 Å². The fraction of sp³-hybridized carbons (Fsp3) is 0.455. The molecule has 0 saturated heterocycles. The molecule has 2 N–H and O–H groups in total. The maximum atomic E-state index is 5.55. The summed E-state index contributed by atoms with van der Waals surface area (Å²) in [6.45, 7) is 3.52. The Hall–Kier alpha value is -0.670. The largest absolute Gasteiger partial charge is 0.493 e. The minimum Gasteiger partial charge on any atom is -0.493 e. The molecule has 0 heterocycles. The third-order valence-corrected chi connectivity index (χ3v) is 2.72. The topological polar surface area (TPSA) is 35.2 Å². The van der Waals surface area contributed by atoms with Gasteiger partial charge in [-0.05, 0) is 23.4 Å². The lowest BCUT2D eigenvalue weighted by atomic mass is 10.2. The Labute approximate surface area is 89.8 Å². The van der Waals surface area contributed by atoms with Gasteiger partial charge in [0, 0.05) is 12.3 Å². The average Bonchev–Trinajstić information content (AvgIpc) is 2.25. The van der Waals surface area contributed by atoms with Crippen LogP contribution in [0.2, 0.25) is 0 Å². The maximum Gasteiger partial charge on any atom is 0.119 e. The first kappa shape index (κ1) is 11.4. The van der Waals surface area contributed by atoms with Crippen LogP contribution in [0.4, 0.5) is 0 Å². The van der Waals surface area contributed by atoms with Crippen molar-refractivity contribution in [3.05, 3.63) is 29.8 Å². The zero-order valence-electron chi connectivity index (χ0n) is 8.53. The molecule has 14 heavy (non-hydrogen) atoms. The van der Waals surface area contributed by atoms with Crippen molar-refractivity contribution in [3.63, 3.8) is 0 Å². The summed E-state index contributed by atoms with van der Waals surface area (Å²) < 4.78 is 5.55. The van der Waals surface area contributed by atoms with Crippen molar-refractivity contribution < 1.29 is 4.74 Å². The average molecular weight is 211 g/mol. The van der Waals surface area contributed by atoms with E-state index < -0.39 is 0 Å². The Kier molecular flexibility index (Phi) is 5.49. The van der Waals surface area contributed by atoms with Gasteiger partial charge in [0.05, 0.1) is 6.61 Å². The van der Waals surface area contributed by atoms with Crippen LogP contribution >= 0.6 is 11.8 Å². The molecule has 0 saturated carbocycles. The molecule has 0 amide bonds. The molecule has 78 valence electrons. The summed E-state index contributed by atoms with van der Waals surface area (Å²) in [5.74, 6) is 3.13. The Morgan fingerprint density at radius 1 is 1.29 bits per heavy atom. The molecule has 0 atom stereocenters. The molecule has 0 fully saturated rings. The van der Waals surface area contributed by atoms with Crippen LogP contribution in [0.5, 0.6) is 5.75 Å². The van der Waals surface area contributed by atoms with Crippen molar-refractivity contribution >= 4 is 11.8 Å². The molecule has 2 nitrogen and oxygen atoms in total. The molecule has 1 aromatic carbocycles. The normalized spacial score (nSPS) is 10.1. The number of thioether (sulfide) groups is 1. The standard InChI is InChI=1S/C11H17NOS/c1-2-14-8-7-13-11-5-3-10(9-12)4-6-11/h3-6H,2,7-9,12H2,1H3. The van der Waals surface area contributed by atoms with Gasteiger partial charge in [0.2, 0.25) is 0 Å². The van der Waals surface area contributed by atoms with Crippen molar-refractivity contribution in [1.29, 1.82) is 0 Å². The van der Waals surface area contributed by atoms with Crippen LogP contribution in [-0.2, 0) is 6.54 Å². The van der Waals surface area contributed by atoms with Crippen molar-refractivity contribution in [3.8, 4) is 5.75 Å². The van der Waals surface area contributed by atoms with Crippen molar-refractivity contribution in [2.75, 3.05) is 18.1 Å². The predicted octanol–water partition coefficient (Wildman–Crippen LogP) is 2.28. The number of benzene rings is 1. The van der Waals surface area contributed by atoms with Crippen LogP contribution in [0.3, 0.4) is 0 Å². The summed E-state index contributed by atoms with van der Waals surface area (Å²) in [6, 6.07) is 7.95. The molecule has 1 aromatic rings. The van der Waals surface area contributed by atoms with Crippen LogP contribution in [0.25, 0.3) is 0 Å². The van der Waals surface area contributed by atoms with Gasteiger partial charge in [-0.25, -0.2) is 0 Å². The molecule has 0 unspecified atom stereocenters. The van der Waals surface area contributed by atoms with E-state index in [0.29, 0.717) is 6.54 Å². The van der Waals surface area contributed by atoms with E-state index in [1.807, 2.05) is 36.0 Å². The SMILES string of the molecule is CCSCCOc1ccc(CN)cc1. The molecule has 0 bridgehead atoms. The lowest BCUT2D eigenvalue weighted by molar-refractivity contribution is 0.344. The third kappa shape index (κ3) is 4.03. The third-order valence-electron chi connectivity index (χ3n) is 1.86. The Morgan fingerprint density at radius 3 is 2.57 bits per heavy atom. The van der Waals surface area contributed by atoms with Crippen molar-refractivity contribution in [2.45, 2.75) is 13.5 Å². The van der Waals surface area contributed by atoms with Crippen LogP contribution in [0, 0.1) is 0 Å². The molecule has 0 aliphatic carbocycles. The lowest BCUT2D eigenvalue weighted by Gasteiger charge is -2.05. The highest BCUT2D eigenvalue weighted by molar-refractivity contribution is 7.99. The Morgan fingerprint density at radius 2 is 2.00 bits per heavy atom. The summed E-state index contributed by atoms with van der Waals surface area (Å²) in [5, 5.41) is 0. The first-order valence-electron chi connectivity index (χ1n) is 4.86. The van der Waals surface area contributed by atoms with E-state index in [0.717, 1.165) is 29.4 Å². The second-order valence-corrected chi connectivity index (χ2v) is 4.29. The Bertz CT molecular complexity index is 248. The number of hydrogen-bond donors (Lipinski definition) is 1. The van der Waals surface area contributed by atoms with Gasteiger partial charge in [-0.3, -0.25) is 0 Å². The molecular formula is C11H17NOS. The molecular weight excluding hydrogens is 194 g/mol. The summed E-state index contributed by atoms with van der Waals surface area (Å²) in [5.41, 5.74) is 6.63. The summed E-state index contributed by atoms with van der Waals surface area (Å²) >= 11 is 1.89. The number of hydrogen-bond acceptors (Lipinski definition) is 3. The van der Waals surface area contributed by atoms with Gasteiger partial charge in [-0.15, -0.1) is 0 Å². The second-order valence-electron chi connectivity index (χ2n) is 2.89. The van der Waals surface area contributed by atoms with E-state index in [2.05, 4.69) is 6.92 Å². The van der Waals surface area contributed by atoms with E-state index in [9.17, 15) is 0 Å². The van der Waals surface area contributed by atoms with E-state index >= 15 is 0 Å². The van der Waals surface area contributed by atoms with Gasteiger partial charge in [0.15, 0.2) is 0 Å². The van der Waals surface area contributed by atoms with Crippen molar-refractivity contribution in [1.82, 2.24) is 0 Å². The van der Waals surface area contributed by atoms with Gasteiger partial charge in [0.1, 0.15) is 5.75 Å². The van der Waals surface area contributed by atoms with E-state index in [1.54, 1.807) is 0 Å². The van der Waals surface area contributed by atoms with Crippen molar-refractivity contribution in [2.24, 2.45) is 5.73 Å². The lowest BCUT2D eigenvalue weighted by Crippen LogP contribution is -2.01. The maximum absolute atomic E-state index is 5.55. The fourth-order valence-electron chi connectivity index (χ4n) is 1.08. The molecule has 0 spiro atoms. The number of nitrogens with two attached hydrogens (primary N) is 1. The zero-order chi connectivity index (χ0) is 10.2. The van der Waals surface area contributed by atoms with Gasteiger partial charge >= 0.3 is 0 Å². The highest BCUT2D eigenvalue weighted by Crippen LogP contribution is 2.12. The minimum atomic E-state index is 0.589. The van der Waals surface area contributed by atoms with Gasteiger partial charge in [-0.2, -0.15) is 11.8 Å². The summed E-state index contributed by atoms with van der Waals surface area (Å²) in [7, 11) is 0. The monoisotopic (exact) mass is 211 g/mol. The molecule has 3 heteroatoms. The number of ether oxygens (including phenoxy) is 1. The predicted molar refractivity (Wildman–Crippen MR) is 62.8 cm³/mol. The first-order valence-corrected chi connectivity index (χ1v) is 6.02. The highest BCUT2D eigenvalue weighted by Gasteiger charge is 1.93. The van der Waals surface area contributed by atoms with Crippen LogP contribution in [-0.4, -0.2) is 18.1 Å². The summed E-state index contributed by atoms with van der Waals surface area (Å²) in [6.07, 6.45) is 0. The molecule has 0 radical (unpaired) electrons. The first-order chi connectivity index (χ1) is 6.86. The quantitative estimate of drug-likeness (QED) is 0.733. The van der Waals surface area contributed by atoms with Crippen LogP contribution in [0.1, 0.15) is 12.5 Å². The van der Waals surface area contributed by atoms with Gasteiger partial charge < -0.3 is 10.5 Å². The molecule has 0 aliphatic rings. The highest BCUT2D eigenvalue weighted by atomic mass is 32.2. The second kappa shape index (κ2) is 6.74. The zero-order valence-corrected chi connectivity index (χ0v) is 9.35. The van der Waals surface area contributed by atoms with E-state index in [-0.39, 0.29) is 0 Å².